The molecular weight excluding hydrogens is 346 g/mol. The molecule has 3 aromatic heterocycles. The van der Waals surface area contributed by atoms with Crippen molar-refractivity contribution in [1.82, 2.24) is 29.6 Å². The number of amides is 1. The number of aromatic nitrogens is 6. The summed E-state index contributed by atoms with van der Waals surface area (Å²) in [6.07, 6.45) is 1.80. The summed E-state index contributed by atoms with van der Waals surface area (Å²) >= 11 is 0. The number of hydrogen-bond donors (Lipinski definition) is 2. The number of carbonyl (C=O) groups is 1. The zero-order chi connectivity index (χ0) is 18.5. The number of anilines is 1. The number of aromatic hydroxyl groups is 1. The summed E-state index contributed by atoms with van der Waals surface area (Å²) in [5.74, 6) is 1.01. The zero-order valence-electron chi connectivity index (χ0n) is 14.4. The van der Waals surface area contributed by atoms with Gasteiger partial charge in [-0.1, -0.05) is 12.1 Å². The van der Waals surface area contributed by atoms with Gasteiger partial charge in [0, 0.05) is 17.9 Å². The number of fused-ring (bicyclic) bond motifs is 2. The fraction of sp³-hybridized carbons (Fsp3) is 0.167. The molecule has 0 radical (unpaired) electrons. The Balaban J connectivity index is 1.68. The summed E-state index contributed by atoms with van der Waals surface area (Å²) in [6, 6.07) is 10.5. The number of nitrogens with zero attached hydrogens (tertiary/aromatic N) is 6. The Morgan fingerprint density at radius 2 is 2.11 bits per heavy atom. The lowest BCUT2D eigenvalue weighted by molar-refractivity contribution is -0.116. The highest BCUT2D eigenvalue weighted by atomic mass is 16.3. The standard InChI is InChI=1S/C18H15N7O2/c1-10-17-13(11-3-2-4-12(26)7-11)8-16(27)20-18(17)25(22-10)15-6-5-14-21-19-9-24(14)23-15/h2-7,9,13,26H,8H2,1H3,(H,20,27)/t13-/m0/s1. The van der Waals surface area contributed by atoms with E-state index in [1.807, 2.05) is 13.0 Å². The van der Waals surface area contributed by atoms with E-state index >= 15 is 0 Å². The first kappa shape index (κ1) is 15.5. The summed E-state index contributed by atoms with van der Waals surface area (Å²) < 4.78 is 3.17. The molecule has 134 valence electrons. The molecule has 0 saturated carbocycles. The van der Waals surface area contributed by atoms with Crippen LogP contribution in [0.3, 0.4) is 0 Å². The van der Waals surface area contributed by atoms with Crippen LogP contribution in [-0.2, 0) is 4.79 Å². The average Bonchev–Trinajstić information content (AvgIpc) is 3.25. The van der Waals surface area contributed by atoms with Crippen LogP contribution in [0.15, 0.2) is 42.7 Å². The maximum atomic E-state index is 12.4. The van der Waals surface area contributed by atoms with Crippen LogP contribution < -0.4 is 5.32 Å². The van der Waals surface area contributed by atoms with Gasteiger partial charge in [0.1, 0.15) is 17.9 Å². The summed E-state index contributed by atoms with van der Waals surface area (Å²) in [6.45, 7) is 1.90. The molecule has 0 unspecified atom stereocenters. The van der Waals surface area contributed by atoms with Crippen molar-refractivity contribution in [3.8, 4) is 11.6 Å². The van der Waals surface area contributed by atoms with Crippen LogP contribution in [0.5, 0.6) is 5.75 Å². The molecule has 0 spiro atoms. The molecule has 1 aliphatic heterocycles. The Hall–Kier alpha value is -3.75. The van der Waals surface area contributed by atoms with E-state index in [4.69, 9.17) is 0 Å². The third kappa shape index (κ3) is 2.43. The van der Waals surface area contributed by atoms with Gasteiger partial charge in [-0.2, -0.15) is 14.3 Å². The molecule has 4 aromatic rings. The first-order valence-electron chi connectivity index (χ1n) is 8.46. The van der Waals surface area contributed by atoms with Gasteiger partial charge in [0.15, 0.2) is 11.5 Å². The minimum atomic E-state index is -0.187. The fourth-order valence-corrected chi connectivity index (χ4v) is 3.57. The van der Waals surface area contributed by atoms with E-state index in [1.165, 1.54) is 6.33 Å². The summed E-state index contributed by atoms with van der Waals surface area (Å²) in [7, 11) is 0. The lowest BCUT2D eigenvalue weighted by atomic mass is 9.86. The number of benzene rings is 1. The molecule has 9 heteroatoms. The van der Waals surface area contributed by atoms with Gasteiger partial charge in [-0.05, 0) is 36.8 Å². The first-order valence-corrected chi connectivity index (χ1v) is 8.46. The number of aryl methyl sites for hydroxylation is 1. The fourth-order valence-electron chi connectivity index (χ4n) is 3.57. The van der Waals surface area contributed by atoms with E-state index in [1.54, 1.807) is 39.5 Å². The maximum absolute atomic E-state index is 12.4. The van der Waals surface area contributed by atoms with Crippen molar-refractivity contribution in [2.45, 2.75) is 19.3 Å². The van der Waals surface area contributed by atoms with Crippen LogP contribution in [0.25, 0.3) is 11.5 Å². The average molecular weight is 361 g/mol. The molecule has 0 aliphatic carbocycles. The number of carbonyl (C=O) groups excluding carboxylic acids is 1. The molecule has 1 aromatic carbocycles. The Morgan fingerprint density at radius 1 is 1.22 bits per heavy atom. The van der Waals surface area contributed by atoms with Crippen molar-refractivity contribution in [2.24, 2.45) is 0 Å². The van der Waals surface area contributed by atoms with Crippen molar-refractivity contribution < 1.29 is 9.90 Å². The molecule has 2 N–H and O–H groups in total. The molecule has 1 aliphatic rings. The van der Waals surface area contributed by atoms with Crippen LogP contribution in [0.4, 0.5) is 5.82 Å². The maximum Gasteiger partial charge on any atom is 0.226 e. The molecule has 27 heavy (non-hydrogen) atoms. The zero-order valence-corrected chi connectivity index (χ0v) is 14.4. The van der Waals surface area contributed by atoms with Crippen LogP contribution in [0.2, 0.25) is 0 Å². The van der Waals surface area contributed by atoms with Crippen LogP contribution in [0.1, 0.15) is 29.2 Å². The molecule has 1 atom stereocenters. The van der Waals surface area contributed by atoms with E-state index in [2.05, 4.69) is 25.7 Å². The van der Waals surface area contributed by atoms with Gasteiger partial charge in [0.2, 0.25) is 5.91 Å². The molecular formula is C18H15N7O2. The summed E-state index contributed by atoms with van der Waals surface area (Å²) in [5.41, 5.74) is 3.21. The van der Waals surface area contributed by atoms with Crippen molar-refractivity contribution in [3.05, 3.63) is 59.5 Å². The number of nitrogens with one attached hydrogen (secondary N) is 1. The highest BCUT2D eigenvalue weighted by Crippen LogP contribution is 2.40. The van der Waals surface area contributed by atoms with Gasteiger partial charge in [-0.25, -0.2) is 0 Å². The predicted molar refractivity (Wildman–Crippen MR) is 95.8 cm³/mol. The second-order valence-electron chi connectivity index (χ2n) is 6.48. The van der Waals surface area contributed by atoms with Gasteiger partial charge < -0.3 is 10.4 Å². The SMILES string of the molecule is Cc1nn(-c2ccc3nncn3n2)c2c1[C@H](c1cccc(O)c1)CC(=O)N2. The highest BCUT2D eigenvalue weighted by molar-refractivity contribution is 5.95. The predicted octanol–water partition coefficient (Wildman–Crippen LogP) is 1.80. The van der Waals surface area contributed by atoms with Gasteiger partial charge in [-0.15, -0.1) is 15.3 Å². The van der Waals surface area contributed by atoms with Gasteiger partial charge in [0.25, 0.3) is 0 Å². The van der Waals surface area contributed by atoms with E-state index in [0.717, 1.165) is 16.8 Å². The molecule has 1 amide bonds. The van der Waals surface area contributed by atoms with Gasteiger partial charge in [-0.3, -0.25) is 4.79 Å². The second-order valence-corrected chi connectivity index (χ2v) is 6.48. The van der Waals surface area contributed by atoms with Crippen molar-refractivity contribution in [3.63, 3.8) is 0 Å². The Bertz CT molecular complexity index is 1190. The van der Waals surface area contributed by atoms with Gasteiger partial charge in [0.05, 0.1) is 5.69 Å². The molecule has 0 saturated heterocycles. The smallest absolute Gasteiger partial charge is 0.226 e. The van der Waals surface area contributed by atoms with Gasteiger partial charge >= 0.3 is 0 Å². The van der Waals surface area contributed by atoms with Crippen LogP contribution in [0, 0.1) is 6.92 Å². The number of rotatable bonds is 2. The Labute approximate surface area is 153 Å². The van der Waals surface area contributed by atoms with Crippen molar-refractivity contribution in [1.29, 1.82) is 0 Å². The lowest BCUT2D eigenvalue weighted by Crippen LogP contribution is -2.25. The normalized spacial score (nSPS) is 16.3. The monoisotopic (exact) mass is 361 g/mol. The minimum absolute atomic E-state index is 0.109. The topological polar surface area (TPSA) is 110 Å². The van der Waals surface area contributed by atoms with Crippen molar-refractivity contribution >= 4 is 17.4 Å². The Morgan fingerprint density at radius 3 is 2.96 bits per heavy atom. The molecule has 4 heterocycles. The third-order valence-electron chi connectivity index (χ3n) is 4.74. The highest BCUT2D eigenvalue weighted by Gasteiger charge is 2.33. The van der Waals surface area contributed by atoms with Crippen LogP contribution >= 0.6 is 0 Å². The molecule has 0 fully saturated rings. The van der Waals surface area contributed by atoms with E-state index < -0.39 is 0 Å². The molecule has 9 nitrogen and oxygen atoms in total. The van der Waals surface area contributed by atoms with Crippen molar-refractivity contribution in [2.75, 3.05) is 5.32 Å². The quantitative estimate of drug-likeness (QED) is 0.563. The van der Waals surface area contributed by atoms with E-state index in [0.29, 0.717) is 23.7 Å². The first-order chi connectivity index (χ1) is 13.1. The molecule has 0 bridgehead atoms. The Kier molecular flexibility index (Phi) is 3.23. The van der Waals surface area contributed by atoms with E-state index in [9.17, 15) is 9.90 Å². The number of hydrogen-bond acceptors (Lipinski definition) is 6. The summed E-state index contributed by atoms with van der Waals surface area (Å²) in [4.78, 5) is 12.4. The summed E-state index contributed by atoms with van der Waals surface area (Å²) in [5, 5.41) is 29.6. The third-order valence-corrected chi connectivity index (χ3v) is 4.74. The number of phenols is 1. The lowest BCUT2D eigenvalue weighted by Gasteiger charge is -2.24. The molecule has 5 rings (SSSR count). The number of phenolic OH excluding ortho intramolecular Hbond substituents is 1. The minimum Gasteiger partial charge on any atom is -0.508 e. The van der Waals surface area contributed by atoms with E-state index in [-0.39, 0.29) is 17.6 Å². The second kappa shape index (κ2) is 5.63. The van der Waals surface area contributed by atoms with Crippen LogP contribution in [-0.4, -0.2) is 40.6 Å². The largest absolute Gasteiger partial charge is 0.508 e.